The summed E-state index contributed by atoms with van der Waals surface area (Å²) in [4.78, 5) is 0. The van der Waals surface area contributed by atoms with Crippen molar-refractivity contribution < 1.29 is 0 Å². The summed E-state index contributed by atoms with van der Waals surface area (Å²) in [5.74, 6) is 0. The Balaban J connectivity index is 2.13. The van der Waals surface area contributed by atoms with E-state index in [2.05, 4.69) is 34.9 Å². The largest absolute Gasteiger partial charge is 0.359 e. The molecule has 2 aliphatic rings. The van der Waals surface area contributed by atoms with Crippen LogP contribution in [0.3, 0.4) is 0 Å². The molecule has 0 radical (unpaired) electrons. The predicted molar refractivity (Wildman–Crippen MR) is 65.4 cm³/mol. The molecular formula is C12H12N2S. The van der Waals surface area contributed by atoms with Gasteiger partial charge in [0, 0.05) is 17.8 Å². The number of benzene rings is 1. The number of hydrogen-bond donors (Lipinski definition) is 2. The van der Waals surface area contributed by atoms with Gasteiger partial charge in [0.15, 0.2) is 5.11 Å². The first-order chi connectivity index (χ1) is 7.34. The van der Waals surface area contributed by atoms with Crippen molar-refractivity contribution in [1.82, 2.24) is 10.6 Å². The van der Waals surface area contributed by atoms with Crippen LogP contribution >= 0.6 is 12.2 Å². The van der Waals surface area contributed by atoms with Crippen molar-refractivity contribution >= 4 is 23.0 Å². The van der Waals surface area contributed by atoms with Crippen molar-refractivity contribution in [2.45, 2.75) is 12.8 Å². The molecule has 1 aromatic rings. The number of fused-ring (bicyclic) bond motifs is 2. The maximum Gasteiger partial charge on any atom is 0.171 e. The van der Waals surface area contributed by atoms with Gasteiger partial charge < -0.3 is 10.6 Å². The minimum atomic E-state index is 0.741. The summed E-state index contributed by atoms with van der Waals surface area (Å²) in [6.45, 7) is 0.898. The number of hydrogen-bond acceptors (Lipinski definition) is 1. The lowest BCUT2D eigenvalue weighted by Gasteiger charge is -2.29. The zero-order chi connectivity index (χ0) is 10.3. The first-order valence-corrected chi connectivity index (χ1v) is 5.60. The lowest BCUT2D eigenvalue weighted by atomic mass is 9.88. The minimum absolute atomic E-state index is 0.741. The van der Waals surface area contributed by atoms with E-state index in [1.807, 2.05) is 0 Å². The number of nitrogens with one attached hydrogen (secondary N) is 2. The highest BCUT2D eigenvalue weighted by atomic mass is 32.1. The van der Waals surface area contributed by atoms with E-state index >= 15 is 0 Å². The van der Waals surface area contributed by atoms with Gasteiger partial charge in [0.1, 0.15) is 0 Å². The van der Waals surface area contributed by atoms with Crippen LogP contribution in [0.5, 0.6) is 0 Å². The van der Waals surface area contributed by atoms with Crippen LogP contribution < -0.4 is 10.6 Å². The molecule has 1 heterocycles. The van der Waals surface area contributed by atoms with Crippen LogP contribution in [0, 0.1) is 0 Å². The summed E-state index contributed by atoms with van der Waals surface area (Å²) >= 11 is 5.15. The van der Waals surface area contributed by atoms with E-state index in [1.54, 1.807) is 0 Å². The predicted octanol–water partition coefficient (Wildman–Crippen LogP) is 1.82. The third-order valence-corrected chi connectivity index (χ3v) is 3.28. The highest BCUT2D eigenvalue weighted by Crippen LogP contribution is 2.30. The van der Waals surface area contributed by atoms with Crippen LogP contribution in [0.2, 0.25) is 0 Å². The molecular weight excluding hydrogens is 204 g/mol. The van der Waals surface area contributed by atoms with Crippen LogP contribution in [0.15, 0.2) is 29.8 Å². The normalized spacial score (nSPS) is 18.8. The number of rotatable bonds is 0. The first kappa shape index (κ1) is 8.92. The van der Waals surface area contributed by atoms with Gasteiger partial charge >= 0.3 is 0 Å². The molecule has 1 aliphatic heterocycles. The average molecular weight is 216 g/mol. The Morgan fingerprint density at radius 3 is 2.93 bits per heavy atom. The van der Waals surface area contributed by atoms with Crippen LogP contribution in [-0.4, -0.2) is 11.7 Å². The monoisotopic (exact) mass is 216 g/mol. The van der Waals surface area contributed by atoms with Crippen LogP contribution in [0.4, 0.5) is 0 Å². The maximum atomic E-state index is 5.15. The summed E-state index contributed by atoms with van der Waals surface area (Å²) in [7, 11) is 0. The second-order valence-corrected chi connectivity index (χ2v) is 4.35. The standard InChI is InChI=1S/C12H12N2S/c15-12-13-7-9-6-5-8-3-1-2-4-10(8)11(9)14-12/h1-4H,5-7H2,(H2,13,14,15). The van der Waals surface area contributed by atoms with Gasteiger partial charge in [0.25, 0.3) is 0 Å². The Bertz CT molecular complexity index is 462. The van der Waals surface area contributed by atoms with Gasteiger partial charge in [-0.05, 0) is 36.2 Å². The lowest BCUT2D eigenvalue weighted by Crippen LogP contribution is -2.42. The second kappa shape index (κ2) is 3.35. The molecule has 3 heteroatoms. The van der Waals surface area contributed by atoms with Crippen LogP contribution in [-0.2, 0) is 6.42 Å². The highest BCUT2D eigenvalue weighted by Gasteiger charge is 2.22. The summed E-state index contributed by atoms with van der Waals surface area (Å²) in [6, 6.07) is 8.56. The Morgan fingerprint density at radius 1 is 1.13 bits per heavy atom. The third kappa shape index (κ3) is 1.43. The van der Waals surface area contributed by atoms with Gasteiger partial charge in [-0.3, -0.25) is 0 Å². The zero-order valence-corrected chi connectivity index (χ0v) is 9.16. The molecule has 3 rings (SSSR count). The van der Waals surface area contributed by atoms with E-state index in [0.717, 1.165) is 24.5 Å². The fourth-order valence-corrected chi connectivity index (χ4v) is 2.43. The maximum absolute atomic E-state index is 5.15. The van der Waals surface area contributed by atoms with Crippen molar-refractivity contribution in [2.24, 2.45) is 0 Å². The van der Waals surface area contributed by atoms with E-state index in [4.69, 9.17) is 12.2 Å². The Hall–Kier alpha value is -1.35. The number of aryl methyl sites for hydroxylation is 1. The molecule has 0 saturated carbocycles. The van der Waals surface area contributed by atoms with E-state index in [0.29, 0.717) is 0 Å². The van der Waals surface area contributed by atoms with Gasteiger partial charge in [-0.2, -0.15) is 0 Å². The number of thiocarbonyl (C=S) groups is 1. The van der Waals surface area contributed by atoms with E-state index in [9.17, 15) is 0 Å². The van der Waals surface area contributed by atoms with Crippen molar-refractivity contribution in [3.05, 3.63) is 41.0 Å². The fourth-order valence-electron chi connectivity index (χ4n) is 2.26. The molecule has 0 atom stereocenters. The molecule has 0 unspecified atom stereocenters. The quantitative estimate of drug-likeness (QED) is 0.647. The minimum Gasteiger partial charge on any atom is -0.359 e. The van der Waals surface area contributed by atoms with Gasteiger partial charge in [-0.25, -0.2) is 0 Å². The van der Waals surface area contributed by atoms with Gasteiger partial charge in [0.2, 0.25) is 0 Å². The molecule has 0 aromatic heterocycles. The average Bonchev–Trinajstić information content (AvgIpc) is 2.29. The van der Waals surface area contributed by atoms with Gasteiger partial charge in [-0.15, -0.1) is 0 Å². The molecule has 0 saturated heterocycles. The van der Waals surface area contributed by atoms with E-state index < -0.39 is 0 Å². The smallest absolute Gasteiger partial charge is 0.171 e. The van der Waals surface area contributed by atoms with Gasteiger partial charge in [0.05, 0.1) is 0 Å². The van der Waals surface area contributed by atoms with Crippen LogP contribution in [0.1, 0.15) is 17.5 Å². The summed E-state index contributed by atoms with van der Waals surface area (Å²) in [5, 5.41) is 7.19. The molecule has 0 fully saturated rings. The Kier molecular flexibility index (Phi) is 1.99. The first-order valence-electron chi connectivity index (χ1n) is 5.20. The van der Waals surface area contributed by atoms with E-state index in [1.165, 1.54) is 22.4 Å². The molecule has 2 N–H and O–H groups in total. The molecule has 0 spiro atoms. The summed E-state index contributed by atoms with van der Waals surface area (Å²) < 4.78 is 0. The van der Waals surface area contributed by atoms with Crippen molar-refractivity contribution in [1.29, 1.82) is 0 Å². The van der Waals surface area contributed by atoms with Crippen molar-refractivity contribution in [3.8, 4) is 0 Å². The molecule has 1 aliphatic carbocycles. The second-order valence-electron chi connectivity index (χ2n) is 3.94. The lowest BCUT2D eigenvalue weighted by molar-refractivity contribution is 0.809. The topological polar surface area (TPSA) is 24.1 Å². The highest BCUT2D eigenvalue weighted by molar-refractivity contribution is 7.80. The molecule has 0 bridgehead atoms. The molecule has 76 valence electrons. The SMILES string of the molecule is S=C1NCC2=C(N1)c1ccccc1CC2. The van der Waals surface area contributed by atoms with E-state index in [-0.39, 0.29) is 0 Å². The molecule has 1 aromatic carbocycles. The van der Waals surface area contributed by atoms with Crippen LogP contribution in [0.25, 0.3) is 5.70 Å². The van der Waals surface area contributed by atoms with Gasteiger partial charge in [-0.1, -0.05) is 24.3 Å². The zero-order valence-electron chi connectivity index (χ0n) is 8.34. The molecule has 0 amide bonds. The van der Waals surface area contributed by atoms with Crippen molar-refractivity contribution in [2.75, 3.05) is 6.54 Å². The Morgan fingerprint density at radius 2 is 2.00 bits per heavy atom. The third-order valence-electron chi connectivity index (χ3n) is 3.04. The Labute approximate surface area is 94.4 Å². The summed E-state index contributed by atoms with van der Waals surface area (Å²) in [6.07, 6.45) is 2.28. The summed E-state index contributed by atoms with van der Waals surface area (Å²) in [5.41, 5.74) is 5.43. The van der Waals surface area contributed by atoms with Crippen molar-refractivity contribution in [3.63, 3.8) is 0 Å². The molecule has 15 heavy (non-hydrogen) atoms. The molecule has 2 nitrogen and oxygen atoms in total. The fraction of sp³-hybridized carbons (Fsp3) is 0.250.